The van der Waals surface area contributed by atoms with Crippen molar-refractivity contribution >= 4 is 8.25 Å². The topological polar surface area (TPSA) is 35.5 Å². The number of hydrogen-bond donors (Lipinski definition) is 0. The van der Waals surface area contributed by atoms with E-state index in [4.69, 9.17) is 9.05 Å². The molecule has 0 aliphatic carbocycles. The molecule has 0 spiro atoms. The van der Waals surface area contributed by atoms with Crippen molar-refractivity contribution in [2.45, 2.75) is 39.5 Å². The molecule has 1 aromatic rings. The van der Waals surface area contributed by atoms with E-state index in [9.17, 15) is 4.57 Å². The molecule has 1 aromatic carbocycles. The van der Waals surface area contributed by atoms with Gasteiger partial charge in [0.05, 0.1) is 13.2 Å². The van der Waals surface area contributed by atoms with Gasteiger partial charge in [-0.05, 0) is 12.8 Å². The molecule has 0 N–H and O–H groups in total. The van der Waals surface area contributed by atoms with Gasteiger partial charge in [-0.2, -0.15) is 0 Å². The summed E-state index contributed by atoms with van der Waals surface area (Å²) in [5, 5.41) is 0. The maximum atomic E-state index is 10.9. The molecule has 0 unspecified atom stereocenters. The maximum absolute atomic E-state index is 10.9. The van der Waals surface area contributed by atoms with Crippen LogP contribution in [0.3, 0.4) is 0 Å². The average molecular weight is 272 g/mol. The quantitative estimate of drug-likeness (QED) is 0.508. The van der Waals surface area contributed by atoms with Crippen molar-refractivity contribution < 1.29 is 13.6 Å². The van der Waals surface area contributed by atoms with E-state index in [1.807, 2.05) is 36.4 Å². The molecule has 3 nitrogen and oxygen atoms in total. The zero-order valence-electron chi connectivity index (χ0n) is 11.4. The number of hydrogen-bond acceptors (Lipinski definition) is 3. The Morgan fingerprint density at radius 2 is 1.11 bits per heavy atom. The SMILES string of the molecule is CCCCO[PH](=O)OCCCC.c1ccccc1. The van der Waals surface area contributed by atoms with Crippen LogP contribution in [0.5, 0.6) is 0 Å². The van der Waals surface area contributed by atoms with Crippen LogP contribution in [0.1, 0.15) is 39.5 Å². The lowest BCUT2D eigenvalue weighted by Gasteiger charge is -2.03. The molecule has 0 saturated heterocycles. The molecule has 4 heteroatoms. The molecule has 0 fully saturated rings. The van der Waals surface area contributed by atoms with Crippen molar-refractivity contribution in [3.63, 3.8) is 0 Å². The van der Waals surface area contributed by atoms with Crippen molar-refractivity contribution in [1.29, 1.82) is 0 Å². The second kappa shape index (κ2) is 14.4. The minimum absolute atomic E-state index is 0.556. The van der Waals surface area contributed by atoms with E-state index in [0.717, 1.165) is 25.7 Å². The summed E-state index contributed by atoms with van der Waals surface area (Å²) in [7, 11) is -2.18. The van der Waals surface area contributed by atoms with Crippen LogP contribution in [0, 0.1) is 0 Å². The molecule has 0 saturated carbocycles. The van der Waals surface area contributed by atoms with Gasteiger partial charge >= 0.3 is 8.25 Å². The Hall–Kier alpha value is -0.630. The first kappa shape index (κ1) is 17.4. The predicted molar refractivity (Wildman–Crippen MR) is 77.2 cm³/mol. The number of unbranched alkanes of at least 4 members (excludes halogenated alkanes) is 2. The maximum Gasteiger partial charge on any atom is 0.319 e. The monoisotopic (exact) mass is 272 g/mol. The minimum atomic E-state index is -2.18. The van der Waals surface area contributed by atoms with Crippen LogP contribution in [-0.2, 0) is 13.6 Å². The summed E-state index contributed by atoms with van der Waals surface area (Å²) in [5.41, 5.74) is 0. The Morgan fingerprint density at radius 3 is 1.39 bits per heavy atom. The lowest BCUT2D eigenvalue weighted by molar-refractivity contribution is 0.221. The van der Waals surface area contributed by atoms with Crippen LogP contribution < -0.4 is 0 Å². The fraction of sp³-hybridized carbons (Fsp3) is 0.571. The number of benzene rings is 1. The molecule has 0 aliphatic rings. The molecule has 1 rings (SSSR count). The average Bonchev–Trinajstić information content (AvgIpc) is 2.42. The largest absolute Gasteiger partial charge is 0.319 e. The molecule has 0 bridgehead atoms. The Bertz CT molecular complexity index is 239. The van der Waals surface area contributed by atoms with Crippen LogP contribution in [0.4, 0.5) is 0 Å². The Labute approximate surface area is 111 Å². The van der Waals surface area contributed by atoms with E-state index in [-0.39, 0.29) is 0 Å². The lowest BCUT2D eigenvalue weighted by atomic mass is 10.4. The van der Waals surface area contributed by atoms with Crippen molar-refractivity contribution in [3.8, 4) is 0 Å². The highest BCUT2D eigenvalue weighted by molar-refractivity contribution is 7.33. The zero-order valence-corrected chi connectivity index (χ0v) is 12.4. The summed E-state index contributed by atoms with van der Waals surface area (Å²) in [5.74, 6) is 0. The van der Waals surface area contributed by atoms with Gasteiger partial charge in [0.2, 0.25) is 0 Å². The van der Waals surface area contributed by atoms with E-state index in [0.29, 0.717) is 13.2 Å². The van der Waals surface area contributed by atoms with Gasteiger partial charge in [-0.25, -0.2) is 0 Å². The summed E-state index contributed by atoms with van der Waals surface area (Å²) in [4.78, 5) is 0. The minimum Gasteiger partial charge on any atom is -0.311 e. The highest BCUT2D eigenvalue weighted by Gasteiger charge is 1.97. The summed E-state index contributed by atoms with van der Waals surface area (Å²) >= 11 is 0. The highest BCUT2D eigenvalue weighted by atomic mass is 31.1. The Morgan fingerprint density at radius 1 is 0.778 bits per heavy atom. The second-order valence-electron chi connectivity index (χ2n) is 3.81. The third-order valence-electron chi connectivity index (χ3n) is 2.10. The van der Waals surface area contributed by atoms with E-state index in [1.54, 1.807) is 0 Å². The van der Waals surface area contributed by atoms with Crippen molar-refractivity contribution in [1.82, 2.24) is 0 Å². The summed E-state index contributed by atoms with van der Waals surface area (Å²) in [6.07, 6.45) is 4.02. The molecular weight excluding hydrogens is 247 g/mol. The molecule has 0 amide bonds. The highest BCUT2D eigenvalue weighted by Crippen LogP contribution is 2.24. The van der Waals surface area contributed by atoms with Gasteiger partial charge in [-0.3, -0.25) is 4.57 Å². The molecule has 18 heavy (non-hydrogen) atoms. The first-order valence-corrected chi connectivity index (χ1v) is 7.83. The van der Waals surface area contributed by atoms with E-state index >= 15 is 0 Å². The first-order valence-electron chi connectivity index (χ1n) is 6.60. The normalized spacial score (nSPS) is 9.94. The van der Waals surface area contributed by atoms with Crippen LogP contribution in [0.15, 0.2) is 36.4 Å². The molecule has 0 atom stereocenters. The van der Waals surface area contributed by atoms with Gasteiger partial charge in [0.15, 0.2) is 0 Å². The standard InChI is InChI=1S/C8H19O3P.C6H6/c1-3-5-7-10-12(9)11-8-6-4-2;1-2-4-6-5-3-1/h12H,3-8H2,1-2H3;1-6H. The number of rotatable bonds is 8. The first-order chi connectivity index (χ1) is 8.81. The summed E-state index contributed by atoms with van der Waals surface area (Å²) < 4.78 is 20.8. The molecule has 0 heterocycles. The van der Waals surface area contributed by atoms with Crippen LogP contribution >= 0.6 is 8.25 Å². The molecule has 0 radical (unpaired) electrons. The van der Waals surface area contributed by atoms with Gasteiger partial charge in [-0.15, -0.1) is 0 Å². The Balaban J connectivity index is 0.000000397. The fourth-order valence-electron chi connectivity index (χ4n) is 1.03. The zero-order chi connectivity index (χ0) is 13.5. The third-order valence-corrected chi connectivity index (χ3v) is 2.98. The van der Waals surface area contributed by atoms with Gasteiger partial charge in [0, 0.05) is 0 Å². The van der Waals surface area contributed by atoms with Gasteiger partial charge < -0.3 is 9.05 Å². The fourth-order valence-corrected chi connectivity index (χ4v) is 1.73. The second-order valence-corrected chi connectivity index (χ2v) is 4.89. The third kappa shape index (κ3) is 13.4. The van der Waals surface area contributed by atoms with Crippen molar-refractivity contribution in [3.05, 3.63) is 36.4 Å². The van der Waals surface area contributed by atoms with Gasteiger partial charge in [-0.1, -0.05) is 63.1 Å². The van der Waals surface area contributed by atoms with Crippen LogP contribution in [-0.4, -0.2) is 13.2 Å². The summed E-state index contributed by atoms with van der Waals surface area (Å²) in [6, 6.07) is 12.0. The predicted octanol–water partition coefficient (Wildman–Crippen LogP) is 4.70. The lowest BCUT2D eigenvalue weighted by Crippen LogP contribution is -1.90. The van der Waals surface area contributed by atoms with Gasteiger partial charge in [0.25, 0.3) is 0 Å². The summed E-state index contributed by atoms with van der Waals surface area (Å²) in [6.45, 7) is 5.25. The molecular formula is C14H25O3P. The van der Waals surface area contributed by atoms with E-state index < -0.39 is 8.25 Å². The van der Waals surface area contributed by atoms with E-state index in [2.05, 4.69) is 13.8 Å². The van der Waals surface area contributed by atoms with Crippen molar-refractivity contribution in [2.75, 3.05) is 13.2 Å². The molecule has 0 aromatic heterocycles. The molecule has 104 valence electrons. The van der Waals surface area contributed by atoms with Crippen LogP contribution in [0.2, 0.25) is 0 Å². The molecule has 0 aliphatic heterocycles. The van der Waals surface area contributed by atoms with Crippen molar-refractivity contribution in [2.24, 2.45) is 0 Å². The van der Waals surface area contributed by atoms with Crippen LogP contribution in [0.25, 0.3) is 0 Å². The van der Waals surface area contributed by atoms with Gasteiger partial charge in [0.1, 0.15) is 0 Å². The smallest absolute Gasteiger partial charge is 0.311 e. The Kier molecular flexibility index (Phi) is 13.9. The van der Waals surface area contributed by atoms with E-state index in [1.165, 1.54) is 0 Å².